The van der Waals surface area contributed by atoms with Crippen molar-refractivity contribution in [1.29, 1.82) is 0 Å². The Labute approximate surface area is 131 Å². The highest BCUT2D eigenvalue weighted by Crippen LogP contribution is 2.14. The number of methoxy groups -OCH3 is 1. The Morgan fingerprint density at radius 3 is 2.64 bits per heavy atom. The lowest BCUT2D eigenvalue weighted by Crippen LogP contribution is -2.26. The van der Waals surface area contributed by atoms with E-state index in [-0.39, 0.29) is 6.54 Å². The summed E-state index contributed by atoms with van der Waals surface area (Å²) < 4.78 is 22.9. The molecule has 22 heavy (non-hydrogen) atoms. The van der Waals surface area contributed by atoms with Crippen LogP contribution in [0.5, 0.6) is 5.75 Å². The molecule has 0 saturated heterocycles. The van der Waals surface area contributed by atoms with E-state index < -0.39 is 6.09 Å². The lowest BCUT2D eigenvalue weighted by molar-refractivity contribution is 0.145. The first-order valence-electron chi connectivity index (χ1n) is 7.51. The van der Waals surface area contributed by atoms with E-state index in [1.807, 2.05) is 31.2 Å². The molecule has 0 aliphatic rings. The van der Waals surface area contributed by atoms with Gasteiger partial charge in [-0.1, -0.05) is 25.5 Å². The molecule has 0 bridgehead atoms. The van der Waals surface area contributed by atoms with Crippen LogP contribution >= 0.6 is 0 Å². The maximum absolute atomic E-state index is 12.9. The Hall–Kier alpha value is -2.04. The molecule has 1 aromatic carbocycles. The number of aryl methyl sites for hydroxylation is 1. The molecule has 1 N–H and O–H groups in total. The van der Waals surface area contributed by atoms with Gasteiger partial charge in [-0.3, -0.25) is 0 Å². The smallest absolute Gasteiger partial charge is 0.407 e. The molecule has 0 radical (unpaired) electrons. The van der Waals surface area contributed by atoms with E-state index >= 15 is 0 Å². The van der Waals surface area contributed by atoms with E-state index in [4.69, 9.17) is 9.47 Å². The number of hydrogen-bond acceptors (Lipinski definition) is 3. The predicted octanol–water partition coefficient (Wildman–Crippen LogP) is 4.01. The van der Waals surface area contributed by atoms with E-state index in [0.29, 0.717) is 31.4 Å². The van der Waals surface area contributed by atoms with Crippen LogP contribution in [-0.4, -0.2) is 26.4 Å². The number of alkyl carbamates (subject to hydrolysis) is 1. The molecule has 0 aromatic heterocycles. The molecule has 5 heteroatoms. The van der Waals surface area contributed by atoms with Crippen molar-refractivity contribution in [2.24, 2.45) is 0 Å². The zero-order valence-corrected chi connectivity index (χ0v) is 13.2. The second kappa shape index (κ2) is 10.7. The number of unbranched alkanes of at least 4 members (excludes halogenated alkanes) is 1. The van der Waals surface area contributed by atoms with Gasteiger partial charge >= 0.3 is 6.09 Å². The van der Waals surface area contributed by atoms with Crippen molar-refractivity contribution >= 4 is 6.09 Å². The number of nitrogens with one attached hydrogen (secondary N) is 1. The number of ether oxygens (including phenoxy) is 2. The van der Waals surface area contributed by atoms with E-state index in [1.54, 1.807) is 7.11 Å². The average molecular weight is 309 g/mol. The van der Waals surface area contributed by atoms with Gasteiger partial charge in [0.05, 0.1) is 20.0 Å². The number of carbonyl (C=O) groups excluding carboxylic acids is 1. The molecule has 0 unspecified atom stereocenters. The Balaban J connectivity index is 2.31. The molecule has 0 fully saturated rings. The summed E-state index contributed by atoms with van der Waals surface area (Å²) in [5.41, 5.74) is 1.62. The van der Waals surface area contributed by atoms with Crippen molar-refractivity contribution in [2.45, 2.75) is 32.6 Å². The second-order valence-corrected chi connectivity index (χ2v) is 4.96. The van der Waals surface area contributed by atoms with E-state index in [2.05, 4.69) is 5.32 Å². The largest absolute Gasteiger partial charge is 0.497 e. The van der Waals surface area contributed by atoms with E-state index in [0.717, 1.165) is 24.2 Å². The molecule has 0 atom stereocenters. The van der Waals surface area contributed by atoms with E-state index in [1.165, 1.54) is 0 Å². The highest BCUT2D eigenvalue weighted by molar-refractivity contribution is 5.67. The third-order valence-electron chi connectivity index (χ3n) is 3.24. The highest BCUT2D eigenvalue weighted by atomic mass is 19.1. The van der Waals surface area contributed by atoms with Crippen molar-refractivity contribution in [1.82, 2.24) is 5.32 Å². The first kappa shape index (κ1) is 18.0. The Morgan fingerprint density at radius 2 is 2.05 bits per heavy atom. The lowest BCUT2D eigenvalue weighted by atomic mass is 10.1. The van der Waals surface area contributed by atoms with Crippen molar-refractivity contribution in [3.05, 3.63) is 41.7 Å². The summed E-state index contributed by atoms with van der Waals surface area (Å²) in [5.74, 6) is 0.793. The third-order valence-corrected chi connectivity index (χ3v) is 3.24. The maximum Gasteiger partial charge on any atom is 0.407 e. The second-order valence-electron chi connectivity index (χ2n) is 4.96. The zero-order chi connectivity index (χ0) is 16.2. The molecule has 0 heterocycles. The lowest BCUT2D eigenvalue weighted by Gasteiger charge is -2.09. The van der Waals surface area contributed by atoms with Crippen molar-refractivity contribution < 1.29 is 18.7 Å². The third kappa shape index (κ3) is 7.11. The van der Waals surface area contributed by atoms with Crippen LogP contribution in [0, 0.1) is 0 Å². The van der Waals surface area contributed by atoms with E-state index in [9.17, 15) is 9.18 Å². The van der Waals surface area contributed by atoms with Crippen LogP contribution in [0.2, 0.25) is 0 Å². The van der Waals surface area contributed by atoms with Gasteiger partial charge in [-0.25, -0.2) is 9.18 Å². The standard InChI is InChI=1S/C17H24FNO3/c1-3-4-11-22-17(20)19-13-15(12-18)6-5-14-7-9-16(21-2)10-8-14/h7-10,12H,3-6,11,13H2,1-2H3,(H,19,20). The summed E-state index contributed by atoms with van der Waals surface area (Å²) >= 11 is 0. The van der Waals surface area contributed by atoms with Crippen LogP contribution in [0.15, 0.2) is 36.2 Å². The normalized spacial score (nSPS) is 11.1. The van der Waals surface area contributed by atoms with Crippen molar-refractivity contribution in [2.75, 3.05) is 20.3 Å². The number of rotatable bonds is 9. The summed E-state index contributed by atoms with van der Waals surface area (Å²) in [6, 6.07) is 7.64. The Kier molecular flexibility index (Phi) is 8.72. The van der Waals surface area contributed by atoms with Crippen molar-refractivity contribution in [3.63, 3.8) is 0 Å². The van der Waals surface area contributed by atoms with Crippen molar-refractivity contribution in [3.8, 4) is 5.75 Å². The molecule has 1 rings (SSSR count). The molecular weight excluding hydrogens is 285 g/mol. The minimum atomic E-state index is -0.503. The van der Waals surface area contributed by atoms with Gasteiger partial charge in [-0.15, -0.1) is 0 Å². The first-order chi connectivity index (χ1) is 10.7. The first-order valence-corrected chi connectivity index (χ1v) is 7.51. The number of benzene rings is 1. The maximum atomic E-state index is 12.9. The van der Waals surface area contributed by atoms with Gasteiger partial charge in [0, 0.05) is 6.54 Å². The van der Waals surface area contributed by atoms with Crippen LogP contribution in [0.1, 0.15) is 31.7 Å². The zero-order valence-electron chi connectivity index (χ0n) is 13.2. The van der Waals surface area contributed by atoms with Crippen LogP contribution < -0.4 is 10.1 Å². The molecule has 0 saturated carbocycles. The monoisotopic (exact) mass is 309 g/mol. The van der Waals surface area contributed by atoms with Gasteiger partial charge in [0.25, 0.3) is 0 Å². The highest BCUT2D eigenvalue weighted by Gasteiger charge is 2.05. The summed E-state index contributed by atoms with van der Waals surface area (Å²) in [6.07, 6.45) is 3.08. The van der Waals surface area contributed by atoms with Crippen LogP contribution in [0.25, 0.3) is 0 Å². The minimum Gasteiger partial charge on any atom is -0.497 e. The topological polar surface area (TPSA) is 47.6 Å². The fraction of sp³-hybridized carbons (Fsp3) is 0.471. The number of halogens is 1. The number of hydrogen-bond donors (Lipinski definition) is 1. The van der Waals surface area contributed by atoms with Gasteiger partial charge < -0.3 is 14.8 Å². The van der Waals surface area contributed by atoms with Gasteiger partial charge in [0.15, 0.2) is 0 Å². The number of amides is 1. The Morgan fingerprint density at radius 1 is 1.32 bits per heavy atom. The Bertz CT molecular complexity index is 471. The SMILES string of the molecule is CCCCOC(=O)NCC(=CF)CCc1ccc(OC)cc1. The van der Waals surface area contributed by atoms with Gasteiger partial charge in [0.2, 0.25) is 0 Å². The van der Waals surface area contributed by atoms with Gasteiger partial charge in [0.1, 0.15) is 5.75 Å². The van der Waals surface area contributed by atoms with Crippen LogP contribution in [0.3, 0.4) is 0 Å². The molecule has 0 aliphatic carbocycles. The van der Waals surface area contributed by atoms with Gasteiger partial charge in [-0.2, -0.15) is 0 Å². The molecule has 0 aliphatic heterocycles. The fourth-order valence-electron chi connectivity index (χ4n) is 1.82. The molecule has 1 amide bonds. The van der Waals surface area contributed by atoms with Gasteiger partial charge in [-0.05, 0) is 42.5 Å². The molecule has 4 nitrogen and oxygen atoms in total. The van der Waals surface area contributed by atoms with Crippen LogP contribution in [-0.2, 0) is 11.2 Å². The summed E-state index contributed by atoms with van der Waals surface area (Å²) in [7, 11) is 1.62. The fourth-order valence-corrected chi connectivity index (χ4v) is 1.82. The quantitative estimate of drug-likeness (QED) is 0.701. The molecule has 0 spiro atoms. The predicted molar refractivity (Wildman–Crippen MR) is 84.8 cm³/mol. The molecule has 1 aromatic rings. The summed E-state index contributed by atoms with van der Waals surface area (Å²) in [5, 5.41) is 2.56. The van der Waals surface area contributed by atoms with Crippen LogP contribution in [0.4, 0.5) is 9.18 Å². The summed E-state index contributed by atoms with van der Waals surface area (Å²) in [6.45, 7) is 2.57. The molecule has 122 valence electrons. The average Bonchev–Trinajstić information content (AvgIpc) is 2.55. The molecular formula is C17H24FNO3. The number of carbonyl (C=O) groups is 1. The minimum absolute atomic E-state index is 0.164. The summed E-state index contributed by atoms with van der Waals surface area (Å²) in [4.78, 5) is 11.4.